The Balaban J connectivity index is 1.80. The van der Waals surface area contributed by atoms with E-state index < -0.39 is 28.1 Å². The zero-order chi connectivity index (χ0) is 20.5. The fourth-order valence-electron chi connectivity index (χ4n) is 4.04. The topological polar surface area (TPSA) is 114 Å². The van der Waals surface area contributed by atoms with Crippen LogP contribution in [0.25, 0.3) is 0 Å². The molecule has 28 heavy (non-hydrogen) atoms. The zero-order valence-electron chi connectivity index (χ0n) is 15.9. The Morgan fingerprint density at radius 3 is 2.54 bits per heavy atom. The largest absolute Gasteiger partial charge is 0.480 e. The monoisotopic (exact) mass is 404 g/mol. The molecule has 2 N–H and O–H groups in total. The van der Waals surface area contributed by atoms with Crippen LogP contribution >= 0.6 is 0 Å². The van der Waals surface area contributed by atoms with Gasteiger partial charge in [-0.05, 0) is 24.0 Å². The van der Waals surface area contributed by atoms with Gasteiger partial charge in [-0.15, -0.1) is 0 Å². The molecule has 2 atom stereocenters. The molecule has 1 saturated heterocycles. The highest BCUT2D eigenvalue weighted by Crippen LogP contribution is 2.41. The van der Waals surface area contributed by atoms with Crippen molar-refractivity contribution in [1.29, 1.82) is 5.26 Å². The third kappa shape index (κ3) is 3.63. The molecule has 0 radical (unpaired) electrons. The van der Waals surface area contributed by atoms with E-state index in [4.69, 9.17) is 0 Å². The summed E-state index contributed by atoms with van der Waals surface area (Å²) in [5, 5.41) is 19.3. The van der Waals surface area contributed by atoms with Gasteiger partial charge in [0.15, 0.2) is 0 Å². The van der Waals surface area contributed by atoms with Gasteiger partial charge in [0.25, 0.3) is 10.2 Å². The summed E-state index contributed by atoms with van der Waals surface area (Å²) in [6, 6.07) is 8.84. The van der Waals surface area contributed by atoms with E-state index in [0.29, 0.717) is 38.0 Å². The number of allylic oxidation sites excluding steroid dienone is 1. The fourth-order valence-corrected chi connectivity index (χ4v) is 5.23. The first-order chi connectivity index (χ1) is 13.3. The van der Waals surface area contributed by atoms with Crippen LogP contribution in [-0.2, 0) is 21.4 Å². The molecule has 0 bridgehead atoms. The molecular weight excluding hydrogens is 380 g/mol. The number of benzene rings is 1. The number of carboxylic acid groups (broad SMARTS) is 1. The highest BCUT2D eigenvalue weighted by molar-refractivity contribution is 7.87. The van der Waals surface area contributed by atoms with E-state index in [1.54, 1.807) is 11.9 Å². The normalized spacial score (nSPS) is 24.5. The maximum absolute atomic E-state index is 11.8. The van der Waals surface area contributed by atoms with E-state index in [1.165, 1.54) is 4.31 Å². The Labute approximate surface area is 165 Å². The van der Waals surface area contributed by atoms with E-state index in [-0.39, 0.29) is 0 Å². The van der Waals surface area contributed by atoms with E-state index in [9.17, 15) is 23.6 Å². The SMILES string of the molecule is CCC1=C(C#N)C(c2ccc(CCN3CCNS3(=O)=O)cc2)C(C(=O)O)N1C. The van der Waals surface area contributed by atoms with E-state index in [1.807, 2.05) is 31.2 Å². The number of carboxylic acids is 1. The van der Waals surface area contributed by atoms with Crippen molar-refractivity contribution in [2.75, 3.05) is 26.7 Å². The van der Waals surface area contributed by atoms with Crippen LogP contribution in [-0.4, -0.2) is 61.4 Å². The minimum absolute atomic E-state index is 0.391. The standard InChI is InChI=1S/C19H24N4O4S/c1-3-16-15(12-20)17(18(19(24)25)22(16)2)14-6-4-13(5-7-14)8-10-23-11-9-21-28(23,26)27/h4-7,17-18,21H,3,8-11H2,1-2H3,(H,24,25). The van der Waals surface area contributed by atoms with Crippen molar-refractivity contribution >= 4 is 16.2 Å². The van der Waals surface area contributed by atoms with Crippen molar-refractivity contribution < 1.29 is 18.3 Å². The van der Waals surface area contributed by atoms with Crippen LogP contribution in [0.4, 0.5) is 0 Å². The van der Waals surface area contributed by atoms with Gasteiger partial charge in [-0.1, -0.05) is 31.2 Å². The summed E-state index contributed by atoms with van der Waals surface area (Å²) in [5.41, 5.74) is 3.00. The van der Waals surface area contributed by atoms with E-state index in [0.717, 1.165) is 16.8 Å². The average molecular weight is 404 g/mol. The second-order valence-electron chi connectivity index (χ2n) is 6.99. The maximum Gasteiger partial charge on any atom is 0.327 e. The van der Waals surface area contributed by atoms with Crippen LogP contribution < -0.4 is 4.72 Å². The lowest BCUT2D eigenvalue weighted by Gasteiger charge is -2.25. The van der Waals surface area contributed by atoms with Crippen LogP contribution in [0.15, 0.2) is 35.5 Å². The maximum atomic E-state index is 11.8. The number of nitriles is 1. The molecule has 1 aromatic carbocycles. The van der Waals surface area contributed by atoms with Crippen molar-refractivity contribution in [3.8, 4) is 6.07 Å². The third-order valence-corrected chi connectivity index (χ3v) is 7.08. The molecule has 3 rings (SSSR count). The summed E-state index contributed by atoms with van der Waals surface area (Å²) in [6.07, 6.45) is 1.16. The molecule has 1 aromatic rings. The number of likely N-dealkylation sites (N-methyl/N-ethyl adjacent to an activating group) is 1. The lowest BCUT2D eigenvalue weighted by atomic mass is 9.86. The summed E-state index contributed by atoms with van der Waals surface area (Å²) < 4.78 is 27.5. The van der Waals surface area contributed by atoms with Gasteiger partial charge in [0.05, 0.1) is 17.6 Å². The fraction of sp³-hybridized carbons (Fsp3) is 0.474. The molecule has 0 aliphatic carbocycles. The predicted molar refractivity (Wildman–Crippen MR) is 103 cm³/mol. The summed E-state index contributed by atoms with van der Waals surface area (Å²) in [5.74, 6) is -1.47. The second-order valence-corrected chi connectivity index (χ2v) is 8.74. The molecule has 2 aliphatic heterocycles. The summed E-state index contributed by atoms with van der Waals surface area (Å²) >= 11 is 0. The van der Waals surface area contributed by atoms with Crippen molar-refractivity contribution in [2.45, 2.75) is 31.7 Å². The lowest BCUT2D eigenvalue weighted by molar-refractivity contribution is -0.142. The van der Waals surface area contributed by atoms with Gasteiger partial charge in [-0.3, -0.25) is 0 Å². The number of carbonyl (C=O) groups is 1. The van der Waals surface area contributed by atoms with E-state index >= 15 is 0 Å². The average Bonchev–Trinajstić information content (AvgIpc) is 3.15. The van der Waals surface area contributed by atoms with Gasteiger partial charge in [-0.25, -0.2) is 9.52 Å². The highest BCUT2D eigenvalue weighted by atomic mass is 32.2. The molecule has 0 amide bonds. The second kappa shape index (κ2) is 7.91. The predicted octanol–water partition coefficient (Wildman–Crippen LogP) is 1.05. The molecule has 0 spiro atoms. The Morgan fingerprint density at radius 1 is 1.36 bits per heavy atom. The van der Waals surface area contributed by atoms with Crippen molar-refractivity contribution in [1.82, 2.24) is 13.9 Å². The van der Waals surface area contributed by atoms with Crippen LogP contribution in [0.1, 0.15) is 30.4 Å². The molecule has 2 aliphatic rings. The number of aliphatic carboxylic acids is 1. The van der Waals surface area contributed by atoms with Crippen LogP contribution in [0.3, 0.4) is 0 Å². The van der Waals surface area contributed by atoms with Gasteiger partial charge in [-0.2, -0.15) is 18.0 Å². The van der Waals surface area contributed by atoms with Crippen LogP contribution in [0.2, 0.25) is 0 Å². The first kappa shape index (κ1) is 20.3. The number of rotatable bonds is 6. The molecule has 8 nitrogen and oxygen atoms in total. The minimum Gasteiger partial charge on any atom is -0.480 e. The first-order valence-electron chi connectivity index (χ1n) is 9.22. The summed E-state index contributed by atoms with van der Waals surface area (Å²) in [7, 11) is -1.63. The molecule has 150 valence electrons. The Kier molecular flexibility index (Phi) is 5.74. The molecule has 1 fully saturated rings. The molecule has 2 unspecified atom stereocenters. The van der Waals surface area contributed by atoms with Crippen molar-refractivity contribution in [3.63, 3.8) is 0 Å². The Morgan fingerprint density at radius 2 is 2.04 bits per heavy atom. The number of nitrogens with zero attached hydrogens (tertiary/aromatic N) is 3. The number of hydrogen-bond acceptors (Lipinski definition) is 5. The van der Waals surface area contributed by atoms with E-state index in [2.05, 4.69) is 10.8 Å². The van der Waals surface area contributed by atoms with Crippen molar-refractivity contribution in [2.24, 2.45) is 0 Å². The van der Waals surface area contributed by atoms with Gasteiger partial charge in [0, 0.05) is 32.4 Å². The number of nitrogens with one attached hydrogen (secondary N) is 1. The van der Waals surface area contributed by atoms with Crippen LogP contribution in [0, 0.1) is 11.3 Å². The molecule has 9 heteroatoms. The van der Waals surface area contributed by atoms with Gasteiger partial charge >= 0.3 is 5.97 Å². The van der Waals surface area contributed by atoms with Gasteiger partial charge in [0.2, 0.25) is 0 Å². The van der Waals surface area contributed by atoms with Gasteiger partial charge < -0.3 is 10.0 Å². The molecule has 2 heterocycles. The quantitative estimate of drug-likeness (QED) is 0.733. The van der Waals surface area contributed by atoms with Gasteiger partial charge in [0.1, 0.15) is 6.04 Å². The third-order valence-electron chi connectivity index (χ3n) is 5.46. The smallest absolute Gasteiger partial charge is 0.327 e. The molecule has 0 saturated carbocycles. The Bertz CT molecular complexity index is 934. The number of hydrogen-bond donors (Lipinski definition) is 2. The lowest BCUT2D eigenvalue weighted by Crippen LogP contribution is -2.37. The minimum atomic E-state index is -3.35. The summed E-state index contributed by atoms with van der Waals surface area (Å²) in [6.45, 7) is 3.19. The Hall–Kier alpha value is -2.41. The van der Waals surface area contributed by atoms with Crippen molar-refractivity contribution in [3.05, 3.63) is 46.7 Å². The van der Waals surface area contributed by atoms with Crippen LogP contribution in [0.5, 0.6) is 0 Å². The zero-order valence-corrected chi connectivity index (χ0v) is 16.7. The first-order valence-corrected chi connectivity index (χ1v) is 10.7. The molecule has 0 aromatic heterocycles. The molecular formula is C19H24N4O4S. The summed E-state index contributed by atoms with van der Waals surface area (Å²) in [4.78, 5) is 13.5. The highest BCUT2D eigenvalue weighted by Gasteiger charge is 2.43.